The number of esters is 2. The Balaban J connectivity index is 2.26. The molecule has 436 valence electrons. The highest BCUT2D eigenvalue weighted by Crippen LogP contribution is 2.27. The van der Waals surface area contributed by atoms with Gasteiger partial charge in [0.25, 0.3) is 0 Å². The first-order valence-corrected chi connectivity index (χ1v) is 26.8. The number of nitrogens with zero attached hydrogens (tertiary/aromatic N) is 2. The van der Waals surface area contributed by atoms with E-state index in [1.807, 2.05) is 0 Å². The lowest BCUT2D eigenvalue weighted by molar-refractivity contribution is -0.170. The summed E-state index contributed by atoms with van der Waals surface area (Å²) in [6.45, 7) is 16.3. The van der Waals surface area contributed by atoms with Gasteiger partial charge in [0.05, 0.1) is 11.1 Å². The minimum Gasteiger partial charge on any atom is -0.506 e. The molecule has 0 aromatic heterocycles. The number of piperidine rings is 1. The van der Waals surface area contributed by atoms with Gasteiger partial charge in [0.15, 0.2) is 0 Å². The summed E-state index contributed by atoms with van der Waals surface area (Å²) in [4.78, 5) is 155. The molecule has 25 nitrogen and oxygen atoms in total. The number of amides is 9. The van der Waals surface area contributed by atoms with Crippen LogP contribution in [0.4, 0.5) is 0 Å². The molecule has 26 heteroatoms. The number of aliphatic hydroxyl groups excluding tert-OH is 2. The fourth-order valence-electron chi connectivity index (χ4n) is 8.77. The number of fused-ring (bicyclic) bond motifs is 2. The van der Waals surface area contributed by atoms with Crippen LogP contribution < -0.4 is 37.2 Å². The molecule has 0 aliphatic carbocycles. The molecule has 2 unspecified atom stereocenters. The van der Waals surface area contributed by atoms with Gasteiger partial charge in [-0.1, -0.05) is 59.2 Å². The Morgan fingerprint density at radius 1 is 0.808 bits per heavy atom. The zero-order valence-corrected chi connectivity index (χ0v) is 47.2. The number of aromatic hydroxyl groups is 1. The van der Waals surface area contributed by atoms with E-state index in [1.165, 1.54) is 73.7 Å². The summed E-state index contributed by atoms with van der Waals surface area (Å²) in [6, 6.07) is -10.2. The molecule has 10 N–H and O–H groups in total. The standard InChI is InChI=1S/C52H80ClN9O16/c1-13-15-37(65)54-26(7)44(68)59-42(29(10)77-51(75)27(8)55-38(66)16-14-2)48(72)60-41-30(11)78-52(76)40(25(5)6)58-46(70)35(23-31-17-19-36(64)32(53)22-31)61(12)50(74)43(28(9)63)62-39(67)20-18-33(49(62)73)56-45(69)34(21-24(3)4)57-47(41)71/h17,19,22,24-30,33-35,39-43,63-64,67H,13-16,18,20-21,23H2,1-12H3,(H,54,65)(H,55,66)(H,56,69)(H,57,71)(H,58,70)(H,59,68)(H,60,72)/t26-,27+,28-,29?,30-,33+,34+,35+,39+,40-,41-,42?,43+/m1/s1. The number of halogens is 1. The molecule has 0 saturated carbocycles. The number of carbonyl (C=O) groups is 11. The van der Waals surface area contributed by atoms with Crippen LogP contribution in [0.5, 0.6) is 5.75 Å². The van der Waals surface area contributed by atoms with Crippen molar-refractivity contribution < 1.29 is 77.5 Å². The summed E-state index contributed by atoms with van der Waals surface area (Å²) in [5.74, 6) is -11.7. The molecule has 2 heterocycles. The van der Waals surface area contributed by atoms with Crippen molar-refractivity contribution in [3.05, 3.63) is 28.8 Å². The Hall–Kier alpha value is -6.60. The fraction of sp³-hybridized carbons (Fsp3) is 0.673. The van der Waals surface area contributed by atoms with Crippen molar-refractivity contribution in [2.45, 2.75) is 206 Å². The minimum atomic E-state index is -1.96. The van der Waals surface area contributed by atoms with Crippen molar-refractivity contribution in [1.82, 2.24) is 47.0 Å². The molecule has 0 spiro atoms. The van der Waals surface area contributed by atoms with Gasteiger partial charge in [-0.15, -0.1) is 0 Å². The third-order valence-corrected chi connectivity index (χ3v) is 13.5. The molecule has 3 rings (SSSR count). The number of carbonyl (C=O) groups excluding carboxylic acids is 11. The van der Waals surface area contributed by atoms with Crippen LogP contribution in [0, 0.1) is 11.8 Å². The number of aliphatic hydroxyl groups is 2. The van der Waals surface area contributed by atoms with Gasteiger partial charge in [0.2, 0.25) is 53.2 Å². The maximum Gasteiger partial charge on any atom is 0.329 e. The van der Waals surface area contributed by atoms with Crippen molar-refractivity contribution in [2.75, 3.05) is 7.05 Å². The zero-order chi connectivity index (χ0) is 59.0. The van der Waals surface area contributed by atoms with Gasteiger partial charge in [-0.05, 0) is 96.3 Å². The average molecular weight is 1120 g/mol. The molecule has 9 amide bonds. The van der Waals surface area contributed by atoms with Crippen molar-refractivity contribution in [1.29, 1.82) is 0 Å². The highest BCUT2D eigenvalue weighted by Gasteiger charge is 2.48. The molecule has 0 radical (unpaired) electrons. The molecular formula is C52H80ClN9O16. The smallest absolute Gasteiger partial charge is 0.329 e. The van der Waals surface area contributed by atoms with E-state index in [4.69, 9.17) is 21.1 Å². The SMILES string of the molecule is CCCC(=O)N[C@@H](C)C(=O)OC(C)C(NC(=O)[C@@H](C)NC(=O)CCC)C(=O)N[C@H]1C(=O)N[C@@H](CC(C)C)C(=O)N[C@H]2CC[C@H](O)N(C2=O)[C@@H]([C@@H](C)O)C(=O)N(C)[C@@H](Cc2ccc(O)c(Cl)c2)C(=O)N[C@H](C(C)C)C(=O)O[C@@H]1C. The first kappa shape index (κ1) is 65.7. The predicted octanol–water partition coefficient (Wildman–Crippen LogP) is -0.282. The predicted molar refractivity (Wildman–Crippen MR) is 281 cm³/mol. The van der Waals surface area contributed by atoms with Crippen molar-refractivity contribution in [3.8, 4) is 5.75 Å². The highest BCUT2D eigenvalue weighted by molar-refractivity contribution is 6.32. The van der Waals surface area contributed by atoms with Crippen LogP contribution in [-0.2, 0) is 68.6 Å². The van der Waals surface area contributed by atoms with Gasteiger partial charge in [0, 0.05) is 26.3 Å². The van der Waals surface area contributed by atoms with Crippen LogP contribution in [0.2, 0.25) is 5.02 Å². The van der Waals surface area contributed by atoms with Crippen molar-refractivity contribution in [2.24, 2.45) is 11.8 Å². The molecule has 1 aromatic rings. The third-order valence-electron chi connectivity index (χ3n) is 13.2. The number of phenolic OH excluding ortho intramolecular Hbond substituents is 1. The van der Waals surface area contributed by atoms with Crippen LogP contribution in [0.1, 0.15) is 127 Å². The number of nitrogens with one attached hydrogen (secondary N) is 7. The molecular weight excluding hydrogens is 1040 g/mol. The Bertz CT molecular complexity index is 2350. The van der Waals surface area contributed by atoms with Gasteiger partial charge < -0.3 is 71.8 Å². The molecule has 78 heavy (non-hydrogen) atoms. The largest absolute Gasteiger partial charge is 0.506 e. The lowest BCUT2D eigenvalue weighted by Gasteiger charge is -2.43. The number of cyclic esters (lactones) is 1. The molecule has 2 aliphatic heterocycles. The maximum atomic E-state index is 14.8. The second-order valence-corrected chi connectivity index (χ2v) is 21.2. The van der Waals surface area contributed by atoms with E-state index < -0.39 is 150 Å². The van der Waals surface area contributed by atoms with E-state index in [2.05, 4.69) is 37.2 Å². The molecule has 2 aliphatic rings. The van der Waals surface area contributed by atoms with Crippen molar-refractivity contribution in [3.63, 3.8) is 0 Å². The molecule has 13 atom stereocenters. The second kappa shape index (κ2) is 30.0. The number of ether oxygens (including phenoxy) is 2. The van der Waals surface area contributed by atoms with E-state index in [0.717, 1.165) is 4.90 Å². The van der Waals surface area contributed by atoms with E-state index in [9.17, 15) is 68.1 Å². The number of likely N-dealkylation sites (N-methyl/N-ethyl adjacent to an activating group) is 1. The van der Waals surface area contributed by atoms with E-state index >= 15 is 0 Å². The number of hydrogen-bond acceptors (Lipinski definition) is 16. The van der Waals surface area contributed by atoms with Crippen molar-refractivity contribution >= 4 is 76.7 Å². The summed E-state index contributed by atoms with van der Waals surface area (Å²) in [5.41, 5.74) is 0.307. The van der Waals surface area contributed by atoms with Crippen LogP contribution in [-0.4, -0.2) is 176 Å². The van der Waals surface area contributed by atoms with Gasteiger partial charge >= 0.3 is 11.9 Å². The van der Waals surface area contributed by atoms with E-state index in [1.54, 1.807) is 27.7 Å². The monoisotopic (exact) mass is 1120 g/mol. The number of rotatable bonds is 19. The highest BCUT2D eigenvalue weighted by atomic mass is 35.5. The molecule has 2 bridgehead atoms. The fourth-order valence-corrected chi connectivity index (χ4v) is 8.97. The number of phenols is 1. The average Bonchev–Trinajstić information content (AvgIpc) is 3.34. The summed E-state index contributed by atoms with van der Waals surface area (Å²) in [5, 5.41) is 50.3. The summed E-state index contributed by atoms with van der Waals surface area (Å²) in [6.07, 6.45) is -6.35. The first-order chi connectivity index (χ1) is 36.4. The van der Waals surface area contributed by atoms with Crippen LogP contribution in [0.3, 0.4) is 0 Å². The Kier molecular flexibility index (Phi) is 25.2. The molecule has 2 fully saturated rings. The topological polar surface area (TPSA) is 358 Å². The van der Waals surface area contributed by atoms with Crippen LogP contribution in [0.25, 0.3) is 0 Å². The Labute approximate surface area is 459 Å². The lowest BCUT2D eigenvalue weighted by atomic mass is 9.96. The number of benzene rings is 1. The van der Waals surface area contributed by atoms with Crippen LogP contribution in [0.15, 0.2) is 18.2 Å². The summed E-state index contributed by atoms with van der Waals surface area (Å²) >= 11 is 6.23. The van der Waals surface area contributed by atoms with Crippen LogP contribution >= 0.6 is 11.6 Å². The van der Waals surface area contributed by atoms with E-state index in [0.29, 0.717) is 23.3 Å². The quantitative estimate of drug-likeness (QED) is 0.0797. The Morgan fingerprint density at radius 3 is 1.96 bits per heavy atom. The molecule has 1 aromatic carbocycles. The van der Waals surface area contributed by atoms with Gasteiger partial charge in [-0.25, -0.2) is 9.59 Å². The maximum absolute atomic E-state index is 14.8. The zero-order valence-electron chi connectivity index (χ0n) is 46.5. The minimum absolute atomic E-state index is 0.0657. The van der Waals surface area contributed by atoms with Gasteiger partial charge in [0.1, 0.15) is 78.6 Å². The normalized spacial score (nSPS) is 24.8. The third kappa shape index (κ3) is 18.2. The molecule has 2 saturated heterocycles. The van der Waals surface area contributed by atoms with Gasteiger partial charge in [-0.3, -0.25) is 43.2 Å². The van der Waals surface area contributed by atoms with E-state index in [-0.39, 0.29) is 55.2 Å². The van der Waals surface area contributed by atoms with Gasteiger partial charge in [-0.2, -0.15) is 0 Å². The summed E-state index contributed by atoms with van der Waals surface area (Å²) < 4.78 is 11.5. The Morgan fingerprint density at radius 2 is 1.41 bits per heavy atom. The summed E-state index contributed by atoms with van der Waals surface area (Å²) in [7, 11) is 1.20. The second-order valence-electron chi connectivity index (χ2n) is 20.8. The lowest BCUT2D eigenvalue weighted by Crippen LogP contribution is -2.67. The first-order valence-electron chi connectivity index (χ1n) is 26.4. The number of hydrogen-bond donors (Lipinski definition) is 10.